The number of nitrogen functional groups attached to an aromatic ring is 2. The molecule has 9 rings (SSSR count). The van der Waals surface area contributed by atoms with Gasteiger partial charge in [0.05, 0.1) is 166 Å². The number of aliphatic hydroxyl groups excluding tert-OH is 1. The number of ketones is 3. The normalized spacial score (nSPS) is 28.3. The second-order valence-corrected chi connectivity index (χ2v) is 33.3. The van der Waals surface area contributed by atoms with Crippen LogP contribution in [0, 0.1) is 35.5 Å². The van der Waals surface area contributed by atoms with Crippen molar-refractivity contribution in [2.45, 2.75) is 225 Å². The van der Waals surface area contributed by atoms with E-state index >= 15 is 0 Å². The fraction of sp³-hybridized carbons (Fsp3) is 0.689. The molecule has 3 aromatic heterocycles. The number of esters is 1. The molecule has 3 fully saturated rings. The minimum absolute atomic E-state index is 0.00857. The highest BCUT2D eigenvalue weighted by molar-refractivity contribution is 6.39. The molecule has 694 valence electrons. The predicted molar refractivity (Wildman–Crippen MR) is 460 cm³/mol. The third-order valence-corrected chi connectivity index (χ3v) is 23.7. The Morgan fingerprint density at radius 1 is 0.752 bits per heavy atom. The molecular weight excluding hydrogens is 1620 g/mol. The van der Waals surface area contributed by atoms with Gasteiger partial charge >= 0.3 is 5.97 Å². The van der Waals surface area contributed by atoms with Gasteiger partial charge in [-0.25, -0.2) is 19.4 Å². The van der Waals surface area contributed by atoms with E-state index in [2.05, 4.69) is 30.6 Å². The zero-order valence-corrected chi connectivity index (χ0v) is 74.5. The highest BCUT2D eigenvalue weighted by Gasteiger charge is 2.57. The topological polar surface area (TPSA) is 455 Å². The molecule has 4 aliphatic heterocycles. The number of piperidine rings is 1. The van der Waals surface area contributed by atoms with E-state index < -0.39 is 83.4 Å². The molecule has 1 unspecified atom stereocenters. The summed E-state index contributed by atoms with van der Waals surface area (Å²) in [6.45, 7) is 19.8. The van der Waals surface area contributed by atoms with E-state index in [0.717, 1.165) is 29.0 Å². The Hall–Kier alpha value is -8.08. The van der Waals surface area contributed by atoms with E-state index in [9.17, 15) is 44.1 Å². The maximum Gasteiger partial charge on any atom is 0.329 e. The fourth-order valence-corrected chi connectivity index (χ4v) is 16.5. The summed E-state index contributed by atoms with van der Waals surface area (Å²) in [6.07, 6.45) is 15.6. The summed E-state index contributed by atoms with van der Waals surface area (Å²) < 4.78 is 88.6. The van der Waals surface area contributed by atoms with Gasteiger partial charge in [-0.3, -0.25) is 29.0 Å². The number of Topliss-reactive ketones (excluding diaryl/α,β-unsaturated/α-hetero) is 3. The number of oxazole rings is 1. The van der Waals surface area contributed by atoms with Crippen LogP contribution in [-0.4, -0.2) is 285 Å². The van der Waals surface area contributed by atoms with Crippen LogP contribution in [0.5, 0.6) is 0 Å². The second-order valence-electron chi connectivity index (χ2n) is 33.3. The van der Waals surface area contributed by atoms with Crippen molar-refractivity contribution in [1.29, 1.82) is 0 Å². The van der Waals surface area contributed by atoms with E-state index in [4.69, 9.17) is 87.2 Å². The van der Waals surface area contributed by atoms with Gasteiger partial charge in [0.2, 0.25) is 11.7 Å². The van der Waals surface area contributed by atoms with E-state index in [1.165, 1.54) is 20.5 Å². The standard InChI is InChI=1S/C90H135N11O24/c1-58-18-12-11-13-19-59(2)76(112-9)54-89(109)28-27-64(7)90(110,125-89)84(106)86(107)101-30-17-16-21-70(101)87(108)123-74(53-71(102)60(3)49-63(6)82(105)83(113-10)81(104)62(5)48-58)61(4)50-65-23-25-73(75(51-65)111-8)122-47-46-121-56-67-55-100(99-98-67)31-33-115-35-37-117-39-41-119-43-45-120-44-42-118-40-38-116-36-34-114-32-29-93-77(103)22-15-14-20-68-80-78(85(91)95-57-94-80)79(96-68)66-24-26-72-69(52-66)97-88(92)124-72/h11-13,18-19,24,26,49,52,55,57-58,60-62,64-65,68,70,73-76,82-83,105,109-110H,14-17,20-23,25,27-48,50-51,53-54,56H2,1-10H3,(H2,92,97)(H,93,103)(H2,91,94,95)/b13-11+,18-12+,59-19+,63-49+/t58-,60-,61-,62-,64-,65+,68?,70+,73-,74+,75-,76+,82-,83+,89+,90-/m1/s1. The number of allylic oxidation sites excluding steroid dienone is 6. The zero-order valence-electron chi connectivity index (χ0n) is 74.5. The smallest absolute Gasteiger partial charge is 0.329 e. The molecule has 35 heteroatoms. The molecule has 5 aliphatic rings. The number of unbranched alkanes of at least 4 members (excludes halogenated alkanes) is 1. The average molecular weight is 1760 g/mol. The number of amides is 2. The first-order chi connectivity index (χ1) is 60.2. The first kappa shape index (κ1) is 101. The number of nitrogens with two attached hydrogens (primary N) is 2. The number of nitrogens with zero attached hydrogens (tertiary/aromatic N) is 8. The predicted octanol–water partition coefficient (Wildman–Crippen LogP) is 7.81. The molecule has 35 nitrogen and oxygen atoms in total. The molecule has 4 aromatic rings. The quantitative estimate of drug-likeness (QED) is 0.0106. The Kier molecular flexibility index (Phi) is 41.7. The van der Waals surface area contributed by atoms with Gasteiger partial charge in [-0.2, -0.15) is 4.98 Å². The Balaban J connectivity index is 0.605. The molecule has 0 radical (unpaired) electrons. The molecule has 7 heterocycles. The Bertz CT molecular complexity index is 4210. The number of anilines is 2. The third-order valence-electron chi connectivity index (χ3n) is 23.7. The molecule has 8 N–H and O–H groups in total. The second kappa shape index (κ2) is 51.8. The van der Waals surface area contributed by atoms with Crippen LogP contribution in [0.15, 0.2) is 87.7 Å². The van der Waals surface area contributed by atoms with E-state index in [-0.39, 0.29) is 105 Å². The number of carbonyl (C=O) groups is 6. The first-order valence-electron chi connectivity index (χ1n) is 44.2. The Morgan fingerprint density at radius 2 is 1.44 bits per heavy atom. The summed E-state index contributed by atoms with van der Waals surface area (Å²) in [5, 5.41) is 47.1. The van der Waals surface area contributed by atoms with Crippen molar-refractivity contribution in [1.82, 2.24) is 40.2 Å². The van der Waals surface area contributed by atoms with Crippen LogP contribution >= 0.6 is 0 Å². The van der Waals surface area contributed by atoms with Crippen molar-refractivity contribution in [3.05, 3.63) is 101 Å². The number of hydrogen-bond acceptors (Lipinski definition) is 32. The number of nitrogens with one attached hydrogen (secondary N) is 1. The zero-order chi connectivity index (χ0) is 89.8. The number of aliphatic imine (C=N–C) groups is 1. The number of methoxy groups -OCH3 is 3. The number of rotatable bonds is 42. The monoisotopic (exact) mass is 1750 g/mol. The number of carbonyl (C=O) groups excluding carboxylic acids is 6. The molecule has 1 saturated carbocycles. The lowest BCUT2D eigenvalue weighted by molar-refractivity contribution is -0.360. The van der Waals surface area contributed by atoms with Crippen LogP contribution < -0.4 is 16.8 Å². The molecule has 16 atom stereocenters. The molecule has 2 saturated heterocycles. The first-order valence-corrected chi connectivity index (χ1v) is 44.2. The average Bonchev–Trinajstić information content (AvgIpc) is 1.73. The largest absolute Gasteiger partial charge is 0.460 e. The lowest BCUT2D eigenvalue weighted by Gasteiger charge is -2.46. The lowest BCUT2D eigenvalue weighted by Crippen LogP contribution is -2.63. The number of fused-ring (bicyclic) bond motifs is 5. The minimum Gasteiger partial charge on any atom is -0.460 e. The van der Waals surface area contributed by atoms with Crippen molar-refractivity contribution < 1.29 is 115 Å². The molecule has 125 heavy (non-hydrogen) atoms. The van der Waals surface area contributed by atoms with Gasteiger partial charge in [-0.05, 0) is 132 Å². The van der Waals surface area contributed by atoms with Gasteiger partial charge < -0.3 is 108 Å². The molecule has 2 bridgehead atoms. The van der Waals surface area contributed by atoms with Crippen molar-refractivity contribution in [3.8, 4) is 0 Å². The van der Waals surface area contributed by atoms with E-state index in [1.807, 2.05) is 44.2 Å². The molecule has 1 aliphatic carbocycles. The summed E-state index contributed by atoms with van der Waals surface area (Å²) in [5.41, 5.74) is 17.9. The van der Waals surface area contributed by atoms with Crippen LogP contribution in [0.2, 0.25) is 0 Å². The van der Waals surface area contributed by atoms with Crippen LogP contribution in [0.1, 0.15) is 180 Å². The van der Waals surface area contributed by atoms with Crippen molar-refractivity contribution in [2.24, 2.45) is 40.5 Å². The fourth-order valence-electron chi connectivity index (χ4n) is 16.5. The summed E-state index contributed by atoms with van der Waals surface area (Å²) >= 11 is 0. The number of hydrogen-bond donors (Lipinski definition) is 6. The molecule has 2 amide bonds. The van der Waals surface area contributed by atoms with Gasteiger partial charge in [-0.15, -0.1) is 5.10 Å². The minimum atomic E-state index is -2.76. The Morgan fingerprint density at radius 3 is 2.13 bits per heavy atom. The Labute approximate surface area is 733 Å². The highest BCUT2D eigenvalue weighted by Crippen LogP contribution is 2.43. The number of benzene rings is 1. The van der Waals surface area contributed by atoms with Gasteiger partial charge in [-0.1, -0.05) is 82.7 Å². The summed E-state index contributed by atoms with van der Waals surface area (Å²) in [7, 11) is 4.47. The summed E-state index contributed by atoms with van der Waals surface area (Å²) in [6, 6.07) is 4.17. The van der Waals surface area contributed by atoms with Crippen LogP contribution in [0.3, 0.4) is 0 Å². The van der Waals surface area contributed by atoms with E-state index in [1.54, 1.807) is 76.9 Å². The highest BCUT2D eigenvalue weighted by atomic mass is 16.7. The van der Waals surface area contributed by atoms with Crippen molar-refractivity contribution in [2.75, 3.05) is 152 Å². The maximum absolute atomic E-state index is 14.8. The number of ether oxygens (including phenoxy) is 14. The number of aromatic nitrogens is 6. The van der Waals surface area contributed by atoms with E-state index in [0.29, 0.717) is 215 Å². The van der Waals surface area contributed by atoms with Gasteiger partial charge in [0.15, 0.2) is 17.2 Å². The molecule has 1 aromatic carbocycles. The van der Waals surface area contributed by atoms with Gasteiger partial charge in [0.1, 0.15) is 53.5 Å². The third kappa shape index (κ3) is 30.8. The van der Waals surface area contributed by atoms with Crippen LogP contribution in [-0.2, 0) is 108 Å². The number of aliphatic hydroxyl groups is 3. The summed E-state index contributed by atoms with van der Waals surface area (Å²) in [5.74, 6) is -11.1. The van der Waals surface area contributed by atoms with Crippen molar-refractivity contribution >= 4 is 63.8 Å². The molecule has 0 spiro atoms. The SMILES string of the molecule is CO[C@H]1C[C@]2(O)CC[C@@H](C)[C@@](O)(O2)C(=O)C(=O)N2CCCC[C@H]2C(=O)O[C@H]([C@H](C)C[C@@H]2CC[C@@H](OCCOCc3cn(CCOCCOCCOCCOCCOCCOCCOCCNC(=O)CCCCC4N=C(c5ccc6oc(N)nc6c5)c5c(N)ncnc54)nn3)[C@H](OC)C2)CC(=O)[C@H](C)/C=C(\C)[C@@H](O)[C@@H](OC)C(=O)[C@H](C)C[C@H](C)/C=C/C=C/C=C/1C. The summed E-state index contributed by atoms with van der Waals surface area (Å²) in [4.78, 5) is 104. The van der Waals surface area contributed by atoms with Crippen LogP contribution in [0.4, 0.5) is 11.8 Å². The van der Waals surface area contributed by atoms with Crippen molar-refractivity contribution in [3.63, 3.8) is 0 Å². The maximum atomic E-state index is 14.8. The van der Waals surface area contributed by atoms with Gasteiger partial charge in [0, 0.05) is 83.4 Å². The van der Waals surface area contributed by atoms with Crippen LogP contribution in [0.25, 0.3) is 11.1 Å². The number of cyclic esters (lactones) is 1. The lowest BCUT2D eigenvalue weighted by atomic mass is 9.78. The molecular formula is C90H135N11O24. The van der Waals surface area contributed by atoms with Gasteiger partial charge in [0.25, 0.3) is 17.7 Å².